The zero-order chi connectivity index (χ0) is 20.2. The van der Waals surface area contributed by atoms with Crippen LogP contribution < -0.4 is 0 Å². The van der Waals surface area contributed by atoms with Gasteiger partial charge in [-0.15, -0.1) is 0 Å². The SMILES string of the molecule is CCCCCCCC1CCC(c2ccc(C(=O)CC(=O)CCCC)cc2)CC1. The minimum absolute atomic E-state index is 0.0283. The first kappa shape index (κ1) is 22.8. The third kappa shape index (κ3) is 7.89. The van der Waals surface area contributed by atoms with Crippen molar-refractivity contribution >= 4 is 11.6 Å². The molecule has 0 amide bonds. The molecule has 0 saturated heterocycles. The lowest BCUT2D eigenvalue weighted by atomic mass is 9.77. The van der Waals surface area contributed by atoms with Crippen LogP contribution in [0.25, 0.3) is 0 Å². The van der Waals surface area contributed by atoms with Gasteiger partial charge in [-0.1, -0.05) is 83.1 Å². The number of Topliss-reactive ketones (excluding diaryl/α,β-unsaturated/α-hetero) is 2. The highest BCUT2D eigenvalue weighted by atomic mass is 16.1. The summed E-state index contributed by atoms with van der Waals surface area (Å²) in [6.07, 6.45) is 16.1. The molecule has 2 nitrogen and oxygen atoms in total. The summed E-state index contributed by atoms with van der Waals surface area (Å²) in [7, 11) is 0. The third-order valence-electron chi connectivity index (χ3n) is 6.43. The van der Waals surface area contributed by atoms with E-state index in [-0.39, 0.29) is 18.0 Å². The number of hydrogen-bond acceptors (Lipinski definition) is 2. The maximum Gasteiger partial charge on any atom is 0.170 e. The van der Waals surface area contributed by atoms with Crippen LogP contribution in [0, 0.1) is 5.92 Å². The molecule has 0 N–H and O–H groups in total. The van der Waals surface area contributed by atoms with Crippen molar-refractivity contribution in [3.8, 4) is 0 Å². The Bertz CT molecular complexity index is 579. The number of benzene rings is 1. The third-order valence-corrected chi connectivity index (χ3v) is 6.43. The second kappa shape index (κ2) is 12.9. The molecule has 0 bridgehead atoms. The highest BCUT2D eigenvalue weighted by Gasteiger charge is 2.22. The van der Waals surface area contributed by atoms with Crippen molar-refractivity contribution in [3.63, 3.8) is 0 Å². The van der Waals surface area contributed by atoms with E-state index in [1.165, 1.54) is 69.8 Å². The van der Waals surface area contributed by atoms with E-state index in [1.54, 1.807) is 0 Å². The zero-order valence-corrected chi connectivity index (χ0v) is 18.2. The second-order valence-electron chi connectivity index (χ2n) is 8.78. The highest BCUT2D eigenvalue weighted by molar-refractivity contribution is 6.07. The van der Waals surface area contributed by atoms with E-state index in [0.29, 0.717) is 17.9 Å². The summed E-state index contributed by atoms with van der Waals surface area (Å²) in [6, 6.07) is 8.12. The van der Waals surface area contributed by atoms with E-state index in [0.717, 1.165) is 18.8 Å². The average molecular weight is 385 g/mol. The maximum absolute atomic E-state index is 12.3. The Morgan fingerprint density at radius 3 is 2.11 bits per heavy atom. The summed E-state index contributed by atoms with van der Waals surface area (Å²) in [5.74, 6) is 1.61. The molecule has 1 aliphatic rings. The number of carbonyl (C=O) groups is 2. The van der Waals surface area contributed by atoms with Crippen molar-refractivity contribution in [2.24, 2.45) is 5.92 Å². The Morgan fingerprint density at radius 1 is 0.821 bits per heavy atom. The molecule has 0 aromatic heterocycles. The lowest BCUT2D eigenvalue weighted by molar-refractivity contribution is -0.118. The Kier molecular flexibility index (Phi) is 10.5. The monoisotopic (exact) mass is 384 g/mol. The van der Waals surface area contributed by atoms with Gasteiger partial charge in [0, 0.05) is 12.0 Å². The lowest BCUT2D eigenvalue weighted by Crippen LogP contribution is -2.13. The van der Waals surface area contributed by atoms with Gasteiger partial charge in [0.25, 0.3) is 0 Å². The molecule has 28 heavy (non-hydrogen) atoms. The minimum Gasteiger partial charge on any atom is -0.299 e. The second-order valence-corrected chi connectivity index (χ2v) is 8.78. The number of rotatable bonds is 13. The lowest BCUT2D eigenvalue weighted by Gasteiger charge is -2.29. The fourth-order valence-electron chi connectivity index (χ4n) is 4.51. The Hall–Kier alpha value is -1.44. The summed E-state index contributed by atoms with van der Waals surface area (Å²) >= 11 is 0. The number of ketones is 2. The van der Waals surface area contributed by atoms with Gasteiger partial charge in [-0.05, 0) is 49.5 Å². The van der Waals surface area contributed by atoms with Crippen molar-refractivity contribution in [1.29, 1.82) is 0 Å². The number of unbranched alkanes of at least 4 members (excludes halogenated alkanes) is 5. The van der Waals surface area contributed by atoms with Gasteiger partial charge in [0.15, 0.2) is 5.78 Å². The quantitative estimate of drug-likeness (QED) is 0.199. The van der Waals surface area contributed by atoms with Crippen LogP contribution in [0.5, 0.6) is 0 Å². The predicted molar refractivity (Wildman–Crippen MR) is 118 cm³/mol. The van der Waals surface area contributed by atoms with Gasteiger partial charge in [-0.3, -0.25) is 9.59 Å². The van der Waals surface area contributed by atoms with Crippen molar-refractivity contribution in [2.75, 3.05) is 0 Å². The topological polar surface area (TPSA) is 34.1 Å². The van der Waals surface area contributed by atoms with E-state index in [1.807, 2.05) is 12.1 Å². The molecule has 2 rings (SSSR count). The van der Waals surface area contributed by atoms with Gasteiger partial charge < -0.3 is 0 Å². The molecule has 0 unspecified atom stereocenters. The van der Waals surface area contributed by atoms with Crippen LogP contribution >= 0.6 is 0 Å². The van der Waals surface area contributed by atoms with Crippen LogP contribution in [0.1, 0.15) is 126 Å². The van der Waals surface area contributed by atoms with Crippen LogP contribution in [-0.4, -0.2) is 11.6 Å². The first-order valence-electron chi connectivity index (χ1n) is 11.8. The van der Waals surface area contributed by atoms with E-state index in [4.69, 9.17) is 0 Å². The Balaban J connectivity index is 1.73. The van der Waals surface area contributed by atoms with Gasteiger partial charge in [0.05, 0.1) is 6.42 Å². The summed E-state index contributed by atoms with van der Waals surface area (Å²) in [5.41, 5.74) is 2.06. The largest absolute Gasteiger partial charge is 0.299 e. The molecule has 0 atom stereocenters. The molecule has 156 valence electrons. The zero-order valence-electron chi connectivity index (χ0n) is 18.2. The maximum atomic E-state index is 12.3. The first-order valence-corrected chi connectivity index (χ1v) is 11.8. The molecule has 1 saturated carbocycles. The van der Waals surface area contributed by atoms with Gasteiger partial charge in [-0.25, -0.2) is 0 Å². The summed E-state index contributed by atoms with van der Waals surface area (Å²) in [5, 5.41) is 0. The molecule has 1 aromatic carbocycles. The molecule has 2 heteroatoms. The first-order chi connectivity index (χ1) is 13.6. The molecular formula is C26H40O2. The molecule has 0 aliphatic heterocycles. The van der Waals surface area contributed by atoms with E-state index >= 15 is 0 Å². The summed E-state index contributed by atoms with van der Waals surface area (Å²) in [6.45, 7) is 4.34. The van der Waals surface area contributed by atoms with E-state index in [2.05, 4.69) is 26.0 Å². The Labute approximate surface area is 172 Å². The van der Waals surface area contributed by atoms with Crippen molar-refractivity contribution in [3.05, 3.63) is 35.4 Å². The minimum atomic E-state index is -0.0283. The number of hydrogen-bond donors (Lipinski definition) is 0. The van der Waals surface area contributed by atoms with Crippen LogP contribution in [0.15, 0.2) is 24.3 Å². The molecule has 1 fully saturated rings. The van der Waals surface area contributed by atoms with Gasteiger partial charge in [0.2, 0.25) is 0 Å². The molecule has 0 spiro atoms. The van der Waals surface area contributed by atoms with Gasteiger partial charge >= 0.3 is 0 Å². The molecule has 0 radical (unpaired) electrons. The average Bonchev–Trinajstić information content (AvgIpc) is 2.72. The smallest absolute Gasteiger partial charge is 0.170 e. The van der Waals surface area contributed by atoms with E-state index in [9.17, 15) is 9.59 Å². The summed E-state index contributed by atoms with van der Waals surface area (Å²) < 4.78 is 0. The standard InChI is InChI=1S/C26H40O2/c1-3-5-7-8-9-10-21-12-14-22(15-13-21)23-16-18-24(19-17-23)26(28)20-25(27)11-6-4-2/h16-19,21-22H,3-15,20H2,1-2H3. The molecule has 1 aliphatic carbocycles. The predicted octanol–water partition coefficient (Wildman–Crippen LogP) is 7.65. The van der Waals surface area contributed by atoms with Crippen LogP contribution in [0.2, 0.25) is 0 Å². The summed E-state index contributed by atoms with van der Waals surface area (Å²) in [4.78, 5) is 24.1. The van der Waals surface area contributed by atoms with Crippen LogP contribution in [0.3, 0.4) is 0 Å². The Morgan fingerprint density at radius 2 is 1.46 bits per heavy atom. The van der Waals surface area contributed by atoms with Crippen molar-refractivity contribution in [2.45, 2.75) is 110 Å². The normalized spacial score (nSPS) is 19.5. The molecule has 0 heterocycles. The van der Waals surface area contributed by atoms with Crippen molar-refractivity contribution in [1.82, 2.24) is 0 Å². The molecular weight excluding hydrogens is 344 g/mol. The van der Waals surface area contributed by atoms with Gasteiger partial charge in [-0.2, -0.15) is 0 Å². The fraction of sp³-hybridized carbons (Fsp3) is 0.692. The highest BCUT2D eigenvalue weighted by Crippen LogP contribution is 2.37. The fourth-order valence-corrected chi connectivity index (χ4v) is 4.51. The van der Waals surface area contributed by atoms with Crippen molar-refractivity contribution < 1.29 is 9.59 Å². The number of carbonyl (C=O) groups excluding carboxylic acids is 2. The van der Waals surface area contributed by atoms with Gasteiger partial charge in [0.1, 0.15) is 5.78 Å². The van der Waals surface area contributed by atoms with Crippen LogP contribution in [-0.2, 0) is 4.79 Å². The van der Waals surface area contributed by atoms with E-state index < -0.39 is 0 Å². The van der Waals surface area contributed by atoms with Crippen LogP contribution in [0.4, 0.5) is 0 Å². The molecule has 1 aromatic rings.